The second kappa shape index (κ2) is 5.50. The molecule has 4 aliphatic carbocycles. The minimum Gasteiger partial charge on any atom is -0.352 e. The van der Waals surface area contributed by atoms with E-state index in [4.69, 9.17) is 0 Å². The largest absolute Gasteiger partial charge is 0.352 e. The lowest BCUT2D eigenvalue weighted by Crippen LogP contribution is -2.56. The van der Waals surface area contributed by atoms with Crippen LogP contribution in [-0.4, -0.2) is 16.5 Å². The topological polar surface area (TPSA) is 51.1 Å². The molecule has 1 atom stereocenters. The maximum absolute atomic E-state index is 12.4. The summed E-state index contributed by atoms with van der Waals surface area (Å²) >= 11 is 0. The van der Waals surface area contributed by atoms with Gasteiger partial charge in [0.05, 0.1) is 0 Å². The molecule has 0 saturated heterocycles. The Kier molecular flexibility index (Phi) is 3.58. The van der Waals surface area contributed by atoms with E-state index < -0.39 is 0 Å². The van der Waals surface area contributed by atoms with Crippen molar-refractivity contribution in [1.82, 2.24) is 9.88 Å². The molecule has 0 radical (unpaired) electrons. The Morgan fingerprint density at radius 2 is 1.83 bits per heavy atom. The summed E-state index contributed by atoms with van der Waals surface area (Å²) in [6.45, 7) is 2.30. The Morgan fingerprint density at radius 3 is 2.39 bits per heavy atom. The fraction of sp³-hybridized carbons (Fsp3) is 0.684. The van der Waals surface area contributed by atoms with Gasteiger partial charge in [-0.15, -0.1) is 0 Å². The Bertz CT molecular complexity index is 628. The maximum atomic E-state index is 12.4. The normalized spacial score (nSPS) is 36.0. The van der Waals surface area contributed by atoms with Gasteiger partial charge in [-0.2, -0.15) is 0 Å². The van der Waals surface area contributed by atoms with Gasteiger partial charge in [0.15, 0.2) is 0 Å². The lowest BCUT2D eigenvalue weighted by molar-refractivity contribution is -0.126. The van der Waals surface area contributed by atoms with Gasteiger partial charge in [0, 0.05) is 18.3 Å². The summed E-state index contributed by atoms with van der Waals surface area (Å²) < 4.78 is 1.47. The molecule has 124 valence electrons. The van der Waals surface area contributed by atoms with Crippen LogP contribution in [0.4, 0.5) is 0 Å². The van der Waals surface area contributed by atoms with E-state index in [9.17, 15) is 9.59 Å². The van der Waals surface area contributed by atoms with Crippen LogP contribution in [0.1, 0.15) is 45.4 Å². The Hall–Kier alpha value is -1.58. The molecule has 23 heavy (non-hydrogen) atoms. The van der Waals surface area contributed by atoms with Crippen molar-refractivity contribution in [3.8, 4) is 0 Å². The van der Waals surface area contributed by atoms with Crippen molar-refractivity contribution >= 4 is 5.91 Å². The number of rotatable bonds is 4. The van der Waals surface area contributed by atoms with Crippen LogP contribution in [0, 0.1) is 23.2 Å². The second-order valence-corrected chi connectivity index (χ2v) is 8.24. The smallest absolute Gasteiger partial charge is 0.250 e. The van der Waals surface area contributed by atoms with Gasteiger partial charge < -0.3 is 9.88 Å². The van der Waals surface area contributed by atoms with Gasteiger partial charge in [0.25, 0.3) is 5.56 Å². The van der Waals surface area contributed by atoms with Crippen molar-refractivity contribution in [2.24, 2.45) is 23.2 Å². The first-order chi connectivity index (χ1) is 11.0. The number of amides is 1. The zero-order valence-electron chi connectivity index (χ0n) is 13.8. The molecule has 1 heterocycles. The number of pyridine rings is 1. The number of carbonyl (C=O) groups is 1. The number of nitrogens with zero attached hydrogens (tertiary/aromatic N) is 1. The highest BCUT2D eigenvalue weighted by atomic mass is 16.2. The number of carbonyl (C=O) groups excluding carboxylic acids is 1. The highest BCUT2D eigenvalue weighted by Gasteiger charge is 2.53. The van der Waals surface area contributed by atoms with Gasteiger partial charge in [-0.3, -0.25) is 9.59 Å². The van der Waals surface area contributed by atoms with Crippen LogP contribution in [0.2, 0.25) is 0 Å². The van der Waals surface area contributed by atoms with E-state index in [-0.39, 0.29) is 24.1 Å². The Labute approximate surface area is 137 Å². The van der Waals surface area contributed by atoms with Crippen molar-refractivity contribution in [3.63, 3.8) is 0 Å². The molecule has 4 bridgehead atoms. The first kappa shape index (κ1) is 15.0. The van der Waals surface area contributed by atoms with Gasteiger partial charge >= 0.3 is 0 Å². The number of nitrogens with one attached hydrogen (secondary N) is 1. The minimum absolute atomic E-state index is 0.0402. The van der Waals surface area contributed by atoms with Crippen LogP contribution in [0.5, 0.6) is 0 Å². The molecule has 1 aromatic heterocycles. The first-order valence-corrected chi connectivity index (χ1v) is 8.99. The summed E-state index contributed by atoms with van der Waals surface area (Å²) in [7, 11) is 0. The van der Waals surface area contributed by atoms with E-state index in [1.165, 1.54) is 49.2 Å². The lowest BCUT2D eigenvalue weighted by atomic mass is 9.48. The van der Waals surface area contributed by atoms with E-state index in [1.807, 2.05) is 0 Å². The van der Waals surface area contributed by atoms with Crippen molar-refractivity contribution in [2.75, 3.05) is 0 Å². The quantitative estimate of drug-likeness (QED) is 0.928. The molecule has 4 saturated carbocycles. The predicted octanol–water partition coefficient (Wildman–Crippen LogP) is 2.57. The fourth-order valence-electron chi connectivity index (χ4n) is 5.89. The monoisotopic (exact) mass is 314 g/mol. The van der Waals surface area contributed by atoms with Gasteiger partial charge in [0.1, 0.15) is 6.54 Å². The van der Waals surface area contributed by atoms with Crippen molar-refractivity contribution in [2.45, 2.75) is 58.0 Å². The zero-order valence-corrected chi connectivity index (χ0v) is 13.8. The van der Waals surface area contributed by atoms with Gasteiger partial charge in [-0.25, -0.2) is 0 Å². The molecule has 5 rings (SSSR count). The SMILES string of the molecule is C[C@@H](NC(=O)Cn1ccccc1=O)C12CC3CC(CC(C3)C1)C2. The highest BCUT2D eigenvalue weighted by Crippen LogP contribution is 2.61. The summed E-state index contributed by atoms with van der Waals surface area (Å²) in [6, 6.07) is 5.20. The summed E-state index contributed by atoms with van der Waals surface area (Å²) in [5, 5.41) is 3.21. The number of hydrogen-bond acceptors (Lipinski definition) is 2. The molecular weight excluding hydrogens is 288 g/mol. The van der Waals surface area contributed by atoms with Gasteiger partial charge in [-0.1, -0.05) is 6.07 Å². The molecule has 1 N–H and O–H groups in total. The van der Waals surface area contributed by atoms with Crippen LogP contribution in [0.25, 0.3) is 0 Å². The van der Waals surface area contributed by atoms with Crippen LogP contribution in [0.15, 0.2) is 29.2 Å². The molecule has 4 nitrogen and oxygen atoms in total. The molecular formula is C19H26N2O2. The third-order valence-corrected chi connectivity index (χ3v) is 6.59. The zero-order chi connectivity index (χ0) is 16.0. The number of aromatic nitrogens is 1. The molecule has 4 fully saturated rings. The second-order valence-electron chi connectivity index (χ2n) is 8.24. The average molecular weight is 314 g/mol. The predicted molar refractivity (Wildman–Crippen MR) is 88.9 cm³/mol. The molecule has 0 spiro atoms. The van der Waals surface area contributed by atoms with E-state index >= 15 is 0 Å². The Balaban J connectivity index is 1.44. The molecule has 0 aliphatic heterocycles. The first-order valence-electron chi connectivity index (χ1n) is 8.99. The van der Waals surface area contributed by atoms with Crippen LogP contribution >= 0.6 is 0 Å². The van der Waals surface area contributed by atoms with Crippen molar-refractivity contribution < 1.29 is 4.79 Å². The average Bonchev–Trinajstić information content (AvgIpc) is 2.48. The highest BCUT2D eigenvalue weighted by molar-refractivity contribution is 5.76. The molecule has 1 amide bonds. The minimum atomic E-state index is -0.120. The van der Waals surface area contributed by atoms with Gasteiger partial charge in [-0.05, 0) is 74.7 Å². The molecule has 4 heteroatoms. The van der Waals surface area contributed by atoms with Crippen molar-refractivity contribution in [1.29, 1.82) is 0 Å². The summed E-state index contributed by atoms with van der Waals surface area (Å²) in [4.78, 5) is 24.1. The van der Waals surface area contributed by atoms with E-state index in [0.29, 0.717) is 5.41 Å². The third kappa shape index (κ3) is 2.73. The third-order valence-electron chi connectivity index (χ3n) is 6.59. The van der Waals surface area contributed by atoms with E-state index in [2.05, 4.69) is 12.2 Å². The lowest BCUT2D eigenvalue weighted by Gasteiger charge is -2.59. The van der Waals surface area contributed by atoms with Crippen molar-refractivity contribution in [3.05, 3.63) is 34.7 Å². The summed E-state index contributed by atoms with van der Waals surface area (Å²) in [6.07, 6.45) is 9.78. The fourth-order valence-corrected chi connectivity index (χ4v) is 5.89. The Morgan fingerprint density at radius 1 is 1.22 bits per heavy atom. The molecule has 4 aliphatic rings. The molecule has 0 unspecified atom stereocenters. The molecule has 1 aromatic rings. The molecule has 0 aromatic carbocycles. The van der Waals surface area contributed by atoms with Crippen LogP contribution < -0.4 is 10.9 Å². The summed E-state index contributed by atoms with van der Waals surface area (Å²) in [5.74, 6) is 2.62. The van der Waals surface area contributed by atoms with Crippen LogP contribution in [-0.2, 0) is 11.3 Å². The van der Waals surface area contributed by atoms with E-state index in [1.54, 1.807) is 18.3 Å². The standard InChI is InChI=1S/C19H26N2O2/c1-13(20-17(22)12-21-5-3-2-4-18(21)23)19-9-14-6-15(10-19)8-16(7-14)11-19/h2-5,13-16H,6-12H2,1H3,(H,20,22)/t13-,14?,15?,16?,19?/m1/s1. The number of hydrogen-bond donors (Lipinski definition) is 1. The summed E-state index contributed by atoms with van der Waals surface area (Å²) in [5.41, 5.74) is 0.191. The van der Waals surface area contributed by atoms with E-state index in [0.717, 1.165) is 17.8 Å². The van der Waals surface area contributed by atoms with Gasteiger partial charge in [0.2, 0.25) is 5.91 Å². The van der Waals surface area contributed by atoms with Crippen LogP contribution in [0.3, 0.4) is 0 Å². The maximum Gasteiger partial charge on any atom is 0.250 e.